The lowest BCUT2D eigenvalue weighted by molar-refractivity contribution is 0.627. The van der Waals surface area contributed by atoms with Crippen LogP contribution in [0.5, 0.6) is 0 Å². The molecule has 15 heavy (non-hydrogen) atoms. The van der Waals surface area contributed by atoms with E-state index in [1.54, 1.807) is 0 Å². The standard InChI is InChI=1S/C11H15BrN2S/c1-8(2)7-13-11(15)14-10-5-3-4-9(12)6-10/h3-6,8H,7H2,1-2H3,(H2,13,14,15). The van der Waals surface area contributed by atoms with Crippen LogP contribution in [0.1, 0.15) is 13.8 Å². The van der Waals surface area contributed by atoms with Gasteiger partial charge in [0.2, 0.25) is 0 Å². The monoisotopic (exact) mass is 286 g/mol. The van der Waals surface area contributed by atoms with Crippen LogP contribution in [0.4, 0.5) is 5.69 Å². The zero-order valence-corrected chi connectivity index (χ0v) is 11.3. The third-order valence-electron chi connectivity index (χ3n) is 1.75. The molecule has 0 atom stereocenters. The summed E-state index contributed by atoms with van der Waals surface area (Å²) in [5, 5.41) is 6.95. The number of benzene rings is 1. The second-order valence-corrected chi connectivity index (χ2v) is 5.06. The summed E-state index contributed by atoms with van der Waals surface area (Å²) in [7, 11) is 0. The van der Waals surface area contributed by atoms with E-state index in [4.69, 9.17) is 12.2 Å². The minimum Gasteiger partial charge on any atom is -0.362 e. The Balaban J connectivity index is 2.44. The normalized spacial score (nSPS) is 10.1. The van der Waals surface area contributed by atoms with Gasteiger partial charge in [0, 0.05) is 16.7 Å². The molecule has 0 saturated heterocycles. The molecule has 0 radical (unpaired) electrons. The van der Waals surface area contributed by atoms with Crippen molar-refractivity contribution in [2.45, 2.75) is 13.8 Å². The molecular formula is C11H15BrN2S. The van der Waals surface area contributed by atoms with Gasteiger partial charge in [0.25, 0.3) is 0 Å². The molecule has 82 valence electrons. The van der Waals surface area contributed by atoms with Crippen LogP contribution in [0, 0.1) is 5.92 Å². The molecule has 0 bridgehead atoms. The van der Waals surface area contributed by atoms with Crippen molar-refractivity contribution in [3.8, 4) is 0 Å². The lowest BCUT2D eigenvalue weighted by Crippen LogP contribution is -2.31. The maximum atomic E-state index is 5.16. The Labute approximate surface area is 105 Å². The maximum Gasteiger partial charge on any atom is 0.170 e. The average Bonchev–Trinajstić information content (AvgIpc) is 2.15. The summed E-state index contributed by atoms with van der Waals surface area (Å²) < 4.78 is 1.04. The first kappa shape index (κ1) is 12.5. The van der Waals surface area contributed by atoms with Crippen LogP contribution in [0.15, 0.2) is 28.7 Å². The number of nitrogens with one attached hydrogen (secondary N) is 2. The molecule has 2 nitrogen and oxygen atoms in total. The molecule has 0 spiro atoms. The van der Waals surface area contributed by atoms with Crippen molar-refractivity contribution in [1.29, 1.82) is 0 Å². The topological polar surface area (TPSA) is 24.1 Å². The summed E-state index contributed by atoms with van der Waals surface area (Å²) in [4.78, 5) is 0. The summed E-state index contributed by atoms with van der Waals surface area (Å²) in [5.41, 5.74) is 0.991. The Hall–Kier alpha value is -0.610. The Morgan fingerprint density at radius 1 is 1.47 bits per heavy atom. The highest BCUT2D eigenvalue weighted by molar-refractivity contribution is 9.10. The number of halogens is 1. The molecule has 1 aromatic rings. The van der Waals surface area contributed by atoms with Crippen molar-refractivity contribution in [3.05, 3.63) is 28.7 Å². The highest BCUT2D eigenvalue weighted by atomic mass is 79.9. The molecule has 0 aliphatic heterocycles. The smallest absolute Gasteiger partial charge is 0.170 e. The molecule has 0 aliphatic rings. The molecule has 4 heteroatoms. The van der Waals surface area contributed by atoms with Crippen LogP contribution in [-0.2, 0) is 0 Å². The van der Waals surface area contributed by atoms with Crippen LogP contribution in [0.3, 0.4) is 0 Å². The Morgan fingerprint density at radius 3 is 2.80 bits per heavy atom. The number of hydrogen-bond acceptors (Lipinski definition) is 1. The van der Waals surface area contributed by atoms with Gasteiger partial charge in [-0.2, -0.15) is 0 Å². The molecule has 0 aromatic heterocycles. The van der Waals surface area contributed by atoms with Gasteiger partial charge >= 0.3 is 0 Å². The number of hydrogen-bond donors (Lipinski definition) is 2. The largest absolute Gasteiger partial charge is 0.362 e. The molecule has 2 N–H and O–H groups in total. The molecule has 1 rings (SSSR count). The minimum atomic E-state index is 0.590. The van der Waals surface area contributed by atoms with E-state index in [-0.39, 0.29) is 0 Å². The lowest BCUT2D eigenvalue weighted by atomic mass is 10.2. The van der Waals surface area contributed by atoms with E-state index >= 15 is 0 Å². The van der Waals surface area contributed by atoms with Crippen molar-refractivity contribution < 1.29 is 0 Å². The fourth-order valence-electron chi connectivity index (χ4n) is 1.04. The second-order valence-electron chi connectivity index (χ2n) is 3.74. The van der Waals surface area contributed by atoms with Gasteiger partial charge in [0.05, 0.1) is 0 Å². The first-order valence-electron chi connectivity index (χ1n) is 4.88. The molecule has 0 heterocycles. The minimum absolute atomic E-state index is 0.590. The highest BCUT2D eigenvalue weighted by Gasteiger charge is 1.98. The van der Waals surface area contributed by atoms with Gasteiger partial charge in [0.15, 0.2) is 5.11 Å². The summed E-state index contributed by atoms with van der Waals surface area (Å²) >= 11 is 8.57. The Bertz CT molecular complexity index is 339. The predicted octanol–water partition coefficient (Wildman–Crippen LogP) is 3.39. The Morgan fingerprint density at radius 2 is 2.20 bits per heavy atom. The van der Waals surface area contributed by atoms with Gasteiger partial charge < -0.3 is 10.6 Å². The molecule has 0 fully saturated rings. The van der Waals surface area contributed by atoms with Gasteiger partial charge in [-0.25, -0.2) is 0 Å². The fourth-order valence-corrected chi connectivity index (χ4v) is 1.64. The third-order valence-corrected chi connectivity index (χ3v) is 2.49. The van der Waals surface area contributed by atoms with Gasteiger partial charge in [-0.3, -0.25) is 0 Å². The fraction of sp³-hybridized carbons (Fsp3) is 0.364. The highest BCUT2D eigenvalue weighted by Crippen LogP contribution is 2.15. The molecule has 0 unspecified atom stereocenters. The number of rotatable bonds is 3. The number of thiocarbonyl (C=S) groups is 1. The number of anilines is 1. The van der Waals surface area contributed by atoms with Crippen molar-refractivity contribution in [3.63, 3.8) is 0 Å². The van der Waals surface area contributed by atoms with Crippen LogP contribution >= 0.6 is 28.1 Å². The summed E-state index contributed by atoms with van der Waals surface area (Å²) in [6.45, 7) is 5.18. The molecule has 0 amide bonds. The van der Waals surface area contributed by atoms with Crippen LogP contribution in [0.25, 0.3) is 0 Å². The van der Waals surface area contributed by atoms with Crippen molar-refractivity contribution in [2.75, 3.05) is 11.9 Å². The van der Waals surface area contributed by atoms with Gasteiger partial charge in [-0.05, 0) is 36.3 Å². The van der Waals surface area contributed by atoms with Crippen LogP contribution < -0.4 is 10.6 Å². The average molecular weight is 287 g/mol. The van der Waals surface area contributed by atoms with Crippen molar-refractivity contribution >= 4 is 38.9 Å². The van der Waals surface area contributed by atoms with Crippen molar-refractivity contribution in [2.24, 2.45) is 5.92 Å². The van der Waals surface area contributed by atoms with E-state index in [1.165, 1.54) is 0 Å². The quantitative estimate of drug-likeness (QED) is 0.833. The van der Waals surface area contributed by atoms with E-state index in [0.717, 1.165) is 16.7 Å². The van der Waals surface area contributed by atoms with Crippen LogP contribution in [0.2, 0.25) is 0 Å². The van der Waals surface area contributed by atoms with E-state index in [9.17, 15) is 0 Å². The van der Waals surface area contributed by atoms with Crippen LogP contribution in [-0.4, -0.2) is 11.7 Å². The zero-order chi connectivity index (χ0) is 11.3. The summed E-state index contributed by atoms with van der Waals surface area (Å²) in [5.74, 6) is 0.590. The van der Waals surface area contributed by atoms with E-state index < -0.39 is 0 Å². The van der Waals surface area contributed by atoms with Gasteiger partial charge in [-0.15, -0.1) is 0 Å². The predicted molar refractivity (Wildman–Crippen MR) is 73.2 cm³/mol. The van der Waals surface area contributed by atoms with Gasteiger partial charge in [-0.1, -0.05) is 35.8 Å². The third kappa shape index (κ3) is 5.14. The molecule has 0 aliphatic carbocycles. The molecular weight excluding hydrogens is 272 g/mol. The SMILES string of the molecule is CC(C)CNC(=S)Nc1cccc(Br)c1. The maximum absolute atomic E-state index is 5.16. The van der Waals surface area contributed by atoms with E-state index in [2.05, 4.69) is 40.4 Å². The summed E-state index contributed by atoms with van der Waals surface area (Å²) in [6.07, 6.45) is 0. The van der Waals surface area contributed by atoms with Crippen molar-refractivity contribution in [1.82, 2.24) is 5.32 Å². The van der Waals surface area contributed by atoms with E-state index in [1.807, 2.05) is 24.3 Å². The zero-order valence-electron chi connectivity index (χ0n) is 8.88. The molecule has 0 saturated carbocycles. The summed E-state index contributed by atoms with van der Waals surface area (Å²) in [6, 6.07) is 7.92. The van der Waals surface area contributed by atoms with E-state index in [0.29, 0.717) is 11.0 Å². The first-order valence-corrected chi connectivity index (χ1v) is 6.08. The second kappa shape index (κ2) is 6.08. The first-order chi connectivity index (χ1) is 7.08. The lowest BCUT2D eigenvalue weighted by Gasteiger charge is -2.12. The van der Waals surface area contributed by atoms with Gasteiger partial charge in [0.1, 0.15) is 0 Å². The Kier molecular flexibility index (Phi) is 5.05. The molecule has 1 aromatic carbocycles.